The number of halogens is 2. The van der Waals surface area contributed by atoms with Crippen LogP contribution in [0.2, 0.25) is 0 Å². The summed E-state index contributed by atoms with van der Waals surface area (Å²) in [5.74, 6) is 0.675. The number of nitrogens with zero attached hydrogens (tertiary/aromatic N) is 1. The van der Waals surface area contributed by atoms with Crippen molar-refractivity contribution >= 4 is 63.0 Å². The van der Waals surface area contributed by atoms with Crippen LogP contribution in [0, 0.1) is 7.14 Å². The van der Waals surface area contributed by atoms with Crippen LogP contribution in [-0.2, 0) is 4.79 Å². The Morgan fingerprint density at radius 1 is 1.20 bits per heavy atom. The van der Waals surface area contributed by atoms with Crippen molar-refractivity contribution in [1.82, 2.24) is 5.43 Å². The van der Waals surface area contributed by atoms with Crippen LogP contribution in [0.4, 0.5) is 5.69 Å². The molecule has 0 bridgehead atoms. The van der Waals surface area contributed by atoms with E-state index >= 15 is 0 Å². The van der Waals surface area contributed by atoms with Crippen LogP contribution in [0.1, 0.15) is 19.4 Å². The van der Waals surface area contributed by atoms with Crippen LogP contribution in [0.15, 0.2) is 47.6 Å². The van der Waals surface area contributed by atoms with Gasteiger partial charge in [0.1, 0.15) is 5.75 Å². The van der Waals surface area contributed by atoms with E-state index in [1.165, 1.54) is 0 Å². The fourth-order valence-electron chi connectivity index (χ4n) is 1.96. The minimum atomic E-state index is -0.204. The Morgan fingerprint density at radius 2 is 1.84 bits per heavy atom. The molecule has 2 N–H and O–H groups in total. The number of nitrogens with one attached hydrogen (secondary N) is 2. The zero-order chi connectivity index (χ0) is 18.2. The molecule has 0 aliphatic heterocycles. The highest BCUT2D eigenvalue weighted by Crippen LogP contribution is 2.29. The number of para-hydroxylation sites is 1. The van der Waals surface area contributed by atoms with E-state index in [9.17, 15) is 4.79 Å². The van der Waals surface area contributed by atoms with Gasteiger partial charge < -0.3 is 10.1 Å². The first-order valence-corrected chi connectivity index (χ1v) is 9.88. The van der Waals surface area contributed by atoms with Crippen molar-refractivity contribution in [1.29, 1.82) is 0 Å². The molecule has 5 nitrogen and oxygen atoms in total. The molecule has 0 saturated carbocycles. The minimum Gasteiger partial charge on any atom is -0.489 e. The van der Waals surface area contributed by atoms with E-state index in [1.54, 1.807) is 6.21 Å². The summed E-state index contributed by atoms with van der Waals surface area (Å²) in [6, 6.07) is 13.5. The third-order valence-electron chi connectivity index (χ3n) is 3.00. The molecule has 0 heterocycles. The van der Waals surface area contributed by atoms with Crippen molar-refractivity contribution in [2.24, 2.45) is 5.10 Å². The minimum absolute atomic E-state index is 0.123. The van der Waals surface area contributed by atoms with Crippen molar-refractivity contribution in [2.75, 3.05) is 11.9 Å². The Bertz CT molecular complexity index is 726. The topological polar surface area (TPSA) is 62.7 Å². The lowest BCUT2D eigenvalue weighted by Gasteiger charge is -2.14. The van der Waals surface area contributed by atoms with E-state index in [2.05, 4.69) is 61.0 Å². The molecule has 2 aromatic carbocycles. The number of benzene rings is 2. The number of hydrogen-bond acceptors (Lipinski definition) is 4. The summed E-state index contributed by atoms with van der Waals surface area (Å²) in [7, 11) is 0. The second-order valence-corrected chi connectivity index (χ2v) is 7.82. The molecule has 0 aliphatic carbocycles. The monoisotopic (exact) mass is 563 g/mol. The third-order valence-corrected chi connectivity index (χ3v) is 4.61. The van der Waals surface area contributed by atoms with Crippen LogP contribution < -0.4 is 15.5 Å². The first-order valence-electron chi connectivity index (χ1n) is 7.72. The van der Waals surface area contributed by atoms with Gasteiger partial charge in [0.05, 0.1) is 26.0 Å². The van der Waals surface area contributed by atoms with Crippen molar-refractivity contribution in [3.05, 3.63) is 55.2 Å². The number of ether oxygens (including phenoxy) is 1. The number of hydrogen-bond donors (Lipinski definition) is 2. The van der Waals surface area contributed by atoms with Crippen molar-refractivity contribution < 1.29 is 9.53 Å². The number of rotatable bonds is 7. The van der Waals surface area contributed by atoms with E-state index in [1.807, 2.05) is 56.3 Å². The molecule has 2 aromatic rings. The summed E-state index contributed by atoms with van der Waals surface area (Å²) in [4.78, 5) is 11.8. The molecular formula is C18H19I2N3O2. The summed E-state index contributed by atoms with van der Waals surface area (Å²) in [5.41, 5.74) is 4.32. The Hall–Kier alpha value is -1.36. The molecule has 0 aromatic heterocycles. The molecule has 0 unspecified atom stereocenters. The van der Waals surface area contributed by atoms with Gasteiger partial charge in [-0.3, -0.25) is 4.79 Å². The summed E-state index contributed by atoms with van der Waals surface area (Å²) in [6.07, 6.45) is 1.75. The Labute approximate surface area is 174 Å². The number of carbonyl (C=O) groups excluding carboxylic acids is 1. The lowest BCUT2D eigenvalue weighted by molar-refractivity contribution is -0.119. The first-order chi connectivity index (χ1) is 12.0. The molecule has 0 aliphatic rings. The summed E-state index contributed by atoms with van der Waals surface area (Å²) < 4.78 is 7.83. The normalized spacial score (nSPS) is 10.9. The second-order valence-electron chi connectivity index (χ2n) is 5.49. The van der Waals surface area contributed by atoms with Gasteiger partial charge in [0, 0.05) is 5.69 Å². The maximum Gasteiger partial charge on any atom is 0.259 e. The maximum atomic E-state index is 11.8. The highest BCUT2D eigenvalue weighted by atomic mass is 127. The van der Waals surface area contributed by atoms with Crippen molar-refractivity contribution in [3.63, 3.8) is 0 Å². The number of hydrazone groups is 1. The zero-order valence-electron chi connectivity index (χ0n) is 13.9. The maximum absolute atomic E-state index is 11.8. The number of amides is 1. The SMILES string of the molecule is CC(C)Oc1c(I)cc(/C=N\NC(=O)CNc2ccccc2)cc1I. The smallest absolute Gasteiger partial charge is 0.259 e. The molecule has 7 heteroatoms. The van der Waals surface area contributed by atoms with Gasteiger partial charge >= 0.3 is 0 Å². The first kappa shape index (κ1) is 20.0. The van der Waals surface area contributed by atoms with Gasteiger partial charge in [-0.2, -0.15) is 5.10 Å². The van der Waals surface area contributed by atoms with Crippen molar-refractivity contribution in [2.45, 2.75) is 20.0 Å². The van der Waals surface area contributed by atoms with Gasteiger partial charge in [0.25, 0.3) is 5.91 Å². The average molecular weight is 563 g/mol. The molecule has 2 rings (SSSR count). The Balaban J connectivity index is 1.90. The second kappa shape index (κ2) is 9.95. The van der Waals surface area contributed by atoms with E-state index in [-0.39, 0.29) is 18.6 Å². The van der Waals surface area contributed by atoms with Crippen LogP contribution in [0.25, 0.3) is 0 Å². The van der Waals surface area contributed by atoms with E-state index in [4.69, 9.17) is 4.74 Å². The number of anilines is 1. The molecule has 0 fully saturated rings. The fraction of sp³-hybridized carbons (Fsp3) is 0.222. The van der Waals surface area contributed by atoms with Gasteiger partial charge in [-0.05, 0) is 88.9 Å². The Kier molecular flexibility index (Phi) is 7.94. The molecule has 0 atom stereocenters. The summed E-state index contributed by atoms with van der Waals surface area (Å²) >= 11 is 4.48. The van der Waals surface area contributed by atoms with Crippen LogP contribution in [-0.4, -0.2) is 24.8 Å². The van der Waals surface area contributed by atoms with Gasteiger partial charge in [0.15, 0.2) is 0 Å². The highest BCUT2D eigenvalue weighted by Gasteiger charge is 2.09. The van der Waals surface area contributed by atoms with Crippen molar-refractivity contribution in [3.8, 4) is 5.75 Å². The van der Waals surface area contributed by atoms with Crippen LogP contribution in [0.5, 0.6) is 5.75 Å². The van der Waals surface area contributed by atoms with E-state index in [0.29, 0.717) is 0 Å². The molecule has 0 spiro atoms. The highest BCUT2D eigenvalue weighted by molar-refractivity contribution is 14.1. The largest absolute Gasteiger partial charge is 0.489 e. The van der Waals surface area contributed by atoms with Gasteiger partial charge in [-0.25, -0.2) is 5.43 Å². The Morgan fingerprint density at radius 3 is 2.44 bits per heavy atom. The average Bonchev–Trinajstić information content (AvgIpc) is 2.57. The fourth-order valence-corrected chi connectivity index (χ4v) is 4.03. The quantitative estimate of drug-likeness (QED) is 0.301. The molecule has 25 heavy (non-hydrogen) atoms. The van der Waals surface area contributed by atoms with Gasteiger partial charge in [-0.1, -0.05) is 18.2 Å². The number of carbonyl (C=O) groups is 1. The van der Waals surface area contributed by atoms with Crippen LogP contribution in [0.3, 0.4) is 0 Å². The van der Waals surface area contributed by atoms with Gasteiger partial charge in [-0.15, -0.1) is 0 Å². The molecule has 0 radical (unpaired) electrons. The zero-order valence-corrected chi connectivity index (χ0v) is 18.2. The standard InChI is InChI=1S/C18H19I2N3O2/c1-12(2)25-18-15(19)8-13(9-16(18)20)10-22-23-17(24)11-21-14-6-4-3-5-7-14/h3-10,12,21H,11H2,1-2H3,(H,23,24)/b22-10-. The summed E-state index contributed by atoms with van der Waals surface area (Å²) in [6.45, 7) is 4.17. The van der Waals surface area contributed by atoms with Crippen LogP contribution >= 0.6 is 45.2 Å². The predicted molar refractivity (Wildman–Crippen MR) is 118 cm³/mol. The molecule has 0 saturated heterocycles. The molecular weight excluding hydrogens is 544 g/mol. The lowest BCUT2D eigenvalue weighted by Crippen LogP contribution is -2.25. The lowest BCUT2D eigenvalue weighted by atomic mass is 10.2. The molecule has 1 amide bonds. The van der Waals surface area contributed by atoms with E-state index < -0.39 is 0 Å². The molecule has 132 valence electrons. The third kappa shape index (κ3) is 6.81. The van der Waals surface area contributed by atoms with E-state index in [0.717, 1.165) is 24.1 Å². The van der Waals surface area contributed by atoms with Gasteiger partial charge in [0.2, 0.25) is 0 Å². The predicted octanol–water partition coefficient (Wildman–Crippen LogP) is 4.25. The summed E-state index contributed by atoms with van der Waals surface area (Å²) in [5, 5.41) is 7.05.